The molecule has 0 spiro atoms. The molecule has 6 nitrogen and oxygen atoms in total. The number of nitrogens with two attached hydrogens (primary N) is 1. The van der Waals surface area contributed by atoms with Gasteiger partial charge in [0.2, 0.25) is 11.9 Å². The number of primary amides is 1. The van der Waals surface area contributed by atoms with E-state index in [1.165, 1.54) is 0 Å². The fourth-order valence-corrected chi connectivity index (χ4v) is 2.72. The molecule has 3 N–H and O–H groups in total. The molecule has 2 rings (SSSR count). The van der Waals surface area contributed by atoms with Gasteiger partial charge in [0.1, 0.15) is 5.02 Å². The molecule has 1 aliphatic heterocycles. The number of rotatable bonds is 5. The van der Waals surface area contributed by atoms with E-state index >= 15 is 0 Å². The number of nitrogens with one attached hydrogen (secondary N) is 1. The van der Waals surface area contributed by atoms with Crippen LogP contribution in [0.25, 0.3) is 0 Å². The molecule has 0 aromatic carbocycles. The highest BCUT2D eigenvalue weighted by molar-refractivity contribution is 6.32. The van der Waals surface area contributed by atoms with Crippen molar-refractivity contribution >= 4 is 29.3 Å². The molecule has 1 aromatic rings. The third-order valence-corrected chi connectivity index (χ3v) is 4.08. The summed E-state index contributed by atoms with van der Waals surface area (Å²) in [5.74, 6) is 0.814. The van der Waals surface area contributed by atoms with E-state index in [0.717, 1.165) is 25.8 Å². The van der Waals surface area contributed by atoms with E-state index in [-0.39, 0.29) is 17.9 Å². The van der Waals surface area contributed by atoms with E-state index in [1.807, 2.05) is 0 Å². The summed E-state index contributed by atoms with van der Waals surface area (Å²) in [4.78, 5) is 22.2. The smallest absolute Gasteiger partial charge is 0.224 e. The number of nitrogens with zero attached hydrogens (tertiary/aromatic N) is 3. The second-order valence-corrected chi connectivity index (χ2v) is 5.88. The number of hydrogen-bond donors (Lipinski definition) is 2. The lowest BCUT2D eigenvalue weighted by atomic mass is 9.93. The second kappa shape index (κ2) is 6.93. The van der Waals surface area contributed by atoms with Gasteiger partial charge < -0.3 is 16.0 Å². The highest BCUT2D eigenvalue weighted by Gasteiger charge is 2.30. The minimum absolute atomic E-state index is 0.153. The number of hydrogen-bond acceptors (Lipinski definition) is 5. The molecule has 2 unspecified atom stereocenters. The summed E-state index contributed by atoms with van der Waals surface area (Å²) in [6, 6.07) is 0.270. The predicted molar refractivity (Wildman–Crippen MR) is 84.5 cm³/mol. The molecule has 1 fully saturated rings. The van der Waals surface area contributed by atoms with Crippen molar-refractivity contribution in [2.75, 3.05) is 23.3 Å². The maximum absolute atomic E-state index is 11.4. The molecule has 0 saturated carbocycles. The first-order valence-electron chi connectivity index (χ1n) is 7.35. The van der Waals surface area contributed by atoms with Gasteiger partial charge in [-0.3, -0.25) is 4.79 Å². The molecular formula is C14H22ClN5O. The van der Waals surface area contributed by atoms with Crippen LogP contribution in [-0.2, 0) is 4.79 Å². The summed E-state index contributed by atoms with van der Waals surface area (Å²) in [7, 11) is 0. The van der Waals surface area contributed by atoms with Crippen molar-refractivity contribution < 1.29 is 4.79 Å². The van der Waals surface area contributed by atoms with Crippen molar-refractivity contribution in [1.82, 2.24) is 9.97 Å². The highest BCUT2D eigenvalue weighted by Crippen LogP contribution is 2.31. The molecule has 7 heteroatoms. The molecule has 0 bridgehead atoms. The topological polar surface area (TPSA) is 84.1 Å². The Morgan fingerprint density at radius 2 is 2.33 bits per heavy atom. The number of amides is 1. The average molecular weight is 312 g/mol. The van der Waals surface area contributed by atoms with E-state index in [2.05, 4.69) is 34.0 Å². The Balaban J connectivity index is 2.23. The zero-order valence-electron chi connectivity index (χ0n) is 12.5. The van der Waals surface area contributed by atoms with E-state index in [9.17, 15) is 4.79 Å². The summed E-state index contributed by atoms with van der Waals surface area (Å²) in [5, 5.41) is 3.65. The summed E-state index contributed by atoms with van der Waals surface area (Å²) in [6.07, 6.45) is 4.30. The number of anilines is 2. The third kappa shape index (κ3) is 3.75. The number of aromatic nitrogens is 2. The number of piperidine rings is 1. The largest absolute Gasteiger partial charge is 0.369 e. The van der Waals surface area contributed by atoms with E-state index in [0.29, 0.717) is 23.3 Å². The standard InChI is InChI=1S/C14H22ClN5O/c1-3-6-17-14-18-7-11(15)13(19-14)20-8-10(12(16)21)5-4-9(20)2/h7,9-10H,3-6,8H2,1-2H3,(H2,16,21)(H,17,18,19). The van der Waals surface area contributed by atoms with Crippen LogP contribution in [0.4, 0.5) is 11.8 Å². The van der Waals surface area contributed by atoms with Gasteiger partial charge in [-0.2, -0.15) is 4.98 Å². The lowest BCUT2D eigenvalue weighted by molar-refractivity contribution is -0.122. The van der Waals surface area contributed by atoms with Crippen LogP contribution in [0, 0.1) is 5.92 Å². The molecule has 0 aliphatic carbocycles. The first kappa shape index (κ1) is 15.8. The average Bonchev–Trinajstić information content (AvgIpc) is 2.47. The van der Waals surface area contributed by atoms with Crippen LogP contribution < -0.4 is 16.0 Å². The van der Waals surface area contributed by atoms with Gasteiger partial charge in [-0.1, -0.05) is 18.5 Å². The summed E-state index contributed by atoms with van der Waals surface area (Å²) in [6.45, 7) is 5.55. The predicted octanol–water partition coefficient (Wildman–Crippen LogP) is 2.04. The number of carbonyl (C=O) groups is 1. The maximum atomic E-state index is 11.4. The first-order valence-corrected chi connectivity index (χ1v) is 7.73. The monoisotopic (exact) mass is 311 g/mol. The second-order valence-electron chi connectivity index (χ2n) is 5.47. The number of carbonyl (C=O) groups excluding carboxylic acids is 1. The Hall–Kier alpha value is -1.56. The molecule has 1 aliphatic rings. The zero-order chi connectivity index (χ0) is 15.4. The maximum Gasteiger partial charge on any atom is 0.224 e. The molecule has 1 aromatic heterocycles. The summed E-state index contributed by atoms with van der Waals surface area (Å²) < 4.78 is 0. The molecule has 1 saturated heterocycles. The molecule has 2 heterocycles. The SMILES string of the molecule is CCCNc1ncc(Cl)c(N2CC(C(N)=O)CCC2C)n1. The summed E-state index contributed by atoms with van der Waals surface area (Å²) >= 11 is 6.25. The fourth-order valence-electron chi connectivity index (χ4n) is 2.52. The van der Waals surface area contributed by atoms with E-state index in [4.69, 9.17) is 17.3 Å². The quantitative estimate of drug-likeness (QED) is 0.869. The molecule has 21 heavy (non-hydrogen) atoms. The molecule has 1 amide bonds. The molecule has 2 atom stereocenters. The van der Waals surface area contributed by atoms with Gasteiger partial charge in [-0.25, -0.2) is 4.98 Å². The third-order valence-electron chi connectivity index (χ3n) is 3.82. The van der Waals surface area contributed by atoms with Crippen molar-refractivity contribution in [2.45, 2.75) is 39.2 Å². The Kier molecular flexibility index (Phi) is 5.22. The van der Waals surface area contributed by atoms with Crippen molar-refractivity contribution in [1.29, 1.82) is 0 Å². The molecule has 0 radical (unpaired) electrons. The Labute approximate surface area is 130 Å². The van der Waals surface area contributed by atoms with Gasteiger partial charge in [-0.05, 0) is 26.2 Å². The Morgan fingerprint density at radius 1 is 1.57 bits per heavy atom. The van der Waals surface area contributed by atoms with Gasteiger partial charge >= 0.3 is 0 Å². The molecular weight excluding hydrogens is 290 g/mol. The highest BCUT2D eigenvalue weighted by atomic mass is 35.5. The lowest BCUT2D eigenvalue weighted by Crippen LogP contribution is -2.46. The van der Waals surface area contributed by atoms with Crippen LogP contribution in [0.1, 0.15) is 33.1 Å². The van der Waals surface area contributed by atoms with Gasteiger partial charge in [0.15, 0.2) is 5.82 Å². The first-order chi connectivity index (χ1) is 10.0. The van der Waals surface area contributed by atoms with Gasteiger partial charge in [-0.15, -0.1) is 0 Å². The van der Waals surface area contributed by atoms with Crippen LogP contribution >= 0.6 is 11.6 Å². The minimum atomic E-state index is -0.263. The van der Waals surface area contributed by atoms with Crippen LogP contribution in [0.2, 0.25) is 5.02 Å². The van der Waals surface area contributed by atoms with Crippen LogP contribution in [0.3, 0.4) is 0 Å². The Bertz CT molecular complexity index is 510. The van der Waals surface area contributed by atoms with E-state index < -0.39 is 0 Å². The molecule has 116 valence electrons. The summed E-state index contributed by atoms with van der Waals surface area (Å²) in [5.41, 5.74) is 5.44. The van der Waals surface area contributed by atoms with Crippen molar-refractivity contribution in [3.63, 3.8) is 0 Å². The van der Waals surface area contributed by atoms with Gasteiger partial charge in [0.05, 0.1) is 12.1 Å². The van der Waals surface area contributed by atoms with Crippen LogP contribution in [-0.4, -0.2) is 35.0 Å². The van der Waals surface area contributed by atoms with Gasteiger partial charge in [0.25, 0.3) is 0 Å². The fraction of sp³-hybridized carbons (Fsp3) is 0.643. The van der Waals surface area contributed by atoms with Crippen molar-refractivity contribution in [2.24, 2.45) is 11.7 Å². The Morgan fingerprint density at radius 3 is 3.00 bits per heavy atom. The van der Waals surface area contributed by atoms with Crippen LogP contribution in [0.15, 0.2) is 6.20 Å². The zero-order valence-corrected chi connectivity index (χ0v) is 13.2. The minimum Gasteiger partial charge on any atom is -0.369 e. The van der Waals surface area contributed by atoms with E-state index in [1.54, 1.807) is 6.20 Å². The van der Waals surface area contributed by atoms with Crippen molar-refractivity contribution in [3.8, 4) is 0 Å². The van der Waals surface area contributed by atoms with Crippen molar-refractivity contribution in [3.05, 3.63) is 11.2 Å². The van der Waals surface area contributed by atoms with Crippen LogP contribution in [0.5, 0.6) is 0 Å². The van der Waals surface area contributed by atoms with Gasteiger partial charge in [0, 0.05) is 19.1 Å². The lowest BCUT2D eigenvalue weighted by Gasteiger charge is -2.38. The normalized spacial score (nSPS) is 22.1. The number of halogens is 1.